The molecule has 1 aliphatic rings. The van der Waals surface area contributed by atoms with E-state index in [2.05, 4.69) is 0 Å². The Morgan fingerprint density at radius 1 is 1.03 bits per heavy atom. The SMILES string of the molecule is O=S(=O)(O)CCCN1C(=Cc2sc3ccc4ccoc4c3[n+]2CCCS(=O)(=O)O)Sc2ccc(F)cc21. The molecule has 5 rings (SSSR count). The van der Waals surface area contributed by atoms with E-state index in [1.54, 1.807) is 12.3 Å². The van der Waals surface area contributed by atoms with Crippen LogP contribution in [0.3, 0.4) is 0 Å². The standard InChI is InChI=1S/C23H21FN2O7S4/c24-16-4-6-18-17(13-16)25(8-1-11-36(27,28)29)20(34-18)14-21-26(9-2-12-37(30,31)32)22-19(35-21)5-3-15-7-10-33-23(15)22/h3-7,10,13-14H,1-2,8-9,11-12H2,(H-,27,28,29,30,31,32)/p+1. The summed E-state index contributed by atoms with van der Waals surface area (Å²) in [5, 5.41) is 2.38. The molecule has 9 nitrogen and oxygen atoms in total. The van der Waals surface area contributed by atoms with Gasteiger partial charge in [0, 0.05) is 23.2 Å². The van der Waals surface area contributed by atoms with Gasteiger partial charge in [-0.2, -0.15) is 21.4 Å². The first-order valence-corrected chi connectivity index (χ1v) is 16.0. The number of thiazole rings is 1. The van der Waals surface area contributed by atoms with Crippen LogP contribution in [-0.4, -0.2) is 44.0 Å². The minimum atomic E-state index is -4.15. The van der Waals surface area contributed by atoms with Gasteiger partial charge >= 0.3 is 0 Å². The minimum absolute atomic E-state index is 0.125. The number of furan rings is 1. The molecule has 0 radical (unpaired) electrons. The van der Waals surface area contributed by atoms with Crippen LogP contribution >= 0.6 is 23.1 Å². The fourth-order valence-electron chi connectivity index (χ4n) is 4.27. The van der Waals surface area contributed by atoms with Crippen LogP contribution in [0.5, 0.6) is 0 Å². The van der Waals surface area contributed by atoms with E-state index in [4.69, 9.17) is 8.97 Å². The molecule has 0 atom stereocenters. The largest absolute Gasteiger partial charge is 0.457 e. The number of thioether (sulfide) groups is 1. The first-order valence-electron chi connectivity index (χ1n) is 11.2. The van der Waals surface area contributed by atoms with Crippen LogP contribution in [0.1, 0.15) is 17.8 Å². The number of anilines is 1. The van der Waals surface area contributed by atoms with Gasteiger partial charge in [-0.15, -0.1) is 0 Å². The molecule has 0 spiro atoms. The lowest BCUT2D eigenvalue weighted by Gasteiger charge is -2.19. The van der Waals surface area contributed by atoms with Gasteiger partial charge in [-0.3, -0.25) is 9.11 Å². The van der Waals surface area contributed by atoms with E-state index in [1.807, 2.05) is 33.7 Å². The number of hydrogen-bond acceptors (Lipinski definition) is 8. The predicted octanol–water partition coefficient (Wildman–Crippen LogP) is 4.54. The number of benzene rings is 2. The monoisotopic (exact) mass is 585 g/mol. The number of hydrogen-bond donors (Lipinski definition) is 2. The summed E-state index contributed by atoms with van der Waals surface area (Å²) in [6.07, 6.45) is 3.76. The highest BCUT2D eigenvalue weighted by atomic mass is 32.2. The zero-order chi connectivity index (χ0) is 26.4. The second-order valence-corrected chi connectivity index (χ2v) is 13.7. The molecule has 0 aliphatic carbocycles. The van der Waals surface area contributed by atoms with E-state index < -0.39 is 37.6 Å². The topological polar surface area (TPSA) is 129 Å². The number of aryl methyl sites for hydroxylation is 1. The molecule has 3 heterocycles. The van der Waals surface area contributed by atoms with Crippen molar-refractivity contribution < 1.29 is 39.3 Å². The zero-order valence-corrected chi connectivity index (χ0v) is 22.5. The van der Waals surface area contributed by atoms with E-state index in [0.29, 0.717) is 11.3 Å². The molecule has 0 saturated heterocycles. The number of fused-ring (bicyclic) bond motifs is 4. The molecule has 4 aromatic rings. The molecular formula is C23H22FN2O7S4+. The van der Waals surface area contributed by atoms with Crippen molar-refractivity contribution in [3.63, 3.8) is 0 Å². The third kappa shape index (κ3) is 5.84. The number of rotatable bonds is 9. The molecule has 37 heavy (non-hydrogen) atoms. The summed E-state index contributed by atoms with van der Waals surface area (Å²) in [5.41, 5.74) is 2.04. The van der Waals surface area contributed by atoms with Crippen molar-refractivity contribution >= 4 is 76.3 Å². The normalized spacial score (nSPS) is 15.3. The summed E-state index contributed by atoms with van der Waals surface area (Å²) in [6, 6.07) is 10.1. The van der Waals surface area contributed by atoms with E-state index in [0.717, 1.165) is 30.5 Å². The summed E-state index contributed by atoms with van der Waals surface area (Å²) in [7, 11) is -8.28. The number of halogens is 1. The Morgan fingerprint density at radius 2 is 1.78 bits per heavy atom. The number of nitrogens with zero attached hydrogens (tertiary/aromatic N) is 2. The van der Waals surface area contributed by atoms with Crippen LogP contribution in [0.4, 0.5) is 10.1 Å². The highest BCUT2D eigenvalue weighted by Gasteiger charge is 2.30. The molecule has 2 aromatic carbocycles. The zero-order valence-electron chi connectivity index (χ0n) is 19.2. The molecule has 0 fully saturated rings. The maximum absolute atomic E-state index is 14.1. The highest BCUT2D eigenvalue weighted by Crippen LogP contribution is 2.47. The van der Waals surface area contributed by atoms with Gasteiger partial charge in [-0.05, 0) is 42.8 Å². The Hall–Kier alpha value is -2.49. The molecule has 196 valence electrons. The predicted molar refractivity (Wildman–Crippen MR) is 141 cm³/mol. The van der Waals surface area contributed by atoms with Gasteiger partial charge in [0.15, 0.2) is 6.54 Å². The van der Waals surface area contributed by atoms with Crippen molar-refractivity contribution in [3.05, 3.63) is 58.5 Å². The summed E-state index contributed by atoms with van der Waals surface area (Å²) in [4.78, 5) is 2.61. The summed E-state index contributed by atoms with van der Waals surface area (Å²) in [5.74, 6) is -1.26. The minimum Gasteiger partial charge on any atom is -0.457 e. The quantitative estimate of drug-likeness (QED) is 0.215. The van der Waals surface area contributed by atoms with Crippen LogP contribution in [0.15, 0.2) is 57.0 Å². The average molecular weight is 586 g/mol. The van der Waals surface area contributed by atoms with Gasteiger partial charge in [0.2, 0.25) is 5.58 Å². The van der Waals surface area contributed by atoms with Gasteiger partial charge < -0.3 is 9.32 Å². The van der Waals surface area contributed by atoms with E-state index in [-0.39, 0.29) is 25.9 Å². The van der Waals surface area contributed by atoms with Crippen molar-refractivity contribution in [1.29, 1.82) is 0 Å². The molecule has 0 unspecified atom stereocenters. The average Bonchev–Trinajstić information content (AvgIpc) is 3.48. The summed E-state index contributed by atoms with van der Waals surface area (Å²) in [6.45, 7) is 0.513. The fourth-order valence-corrected chi connectivity index (χ4v) is 7.56. The second kappa shape index (κ2) is 10.0. The molecule has 2 aromatic heterocycles. The smallest absolute Gasteiger partial charge is 0.267 e. The van der Waals surface area contributed by atoms with Gasteiger partial charge in [0.25, 0.3) is 30.8 Å². The summed E-state index contributed by atoms with van der Waals surface area (Å²) < 4.78 is 86.3. The third-order valence-electron chi connectivity index (χ3n) is 5.82. The molecule has 2 N–H and O–H groups in total. The maximum atomic E-state index is 14.1. The fraction of sp³-hybridized carbons (Fsp3) is 0.261. The summed E-state index contributed by atoms with van der Waals surface area (Å²) >= 11 is 2.86. The van der Waals surface area contributed by atoms with Crippen molar-refractivity contribution in [2.24, 2.45) is 0 Å². The molecule has 0 amide bonds. The first-order chi connectivity index (χ1) is 17.5. The van der Waals surface area contributed by atoms with Gasteiger partial charge in [-0.25, -0.2) is 4.39 Å². The van der Waals surface area contributed by atoms with Gasteiger partial charge in [0.1, 0.15) is 10.5 Å². The van der Waals surface area contributed by atoms with Crippen molar-refractivity contribution in [2.45, 2.75) is 24.3 Å². The van der Waals surface area contributed by atoms with Gasteiger partial charge in [-0.1, -0.05) is 23.1 Å². The van der Waals surface area contributed by atoms with Crippen LogP contribution in [0.2, 0.25) is 0 Å². The van der Waals surface area contributed by atoms with Crippen LogP contribution in [0, 0.1) is 5.82 Å². The maximum Gasteiger partial charge on any atom is 0.267 e. The Bertz CT molecular complexity index is 1740. The Balaban J connectivity index is 1.58. The van der Waals surface area contributed by atoms with Gasteiger partial charge in [0.05, 0.1) is 34.6 Å². The number of aromatic nitrogens is 1. The molecular weight excluding hydrogens is 564 g/mol. The van der Waals surface area contributed by atoms with Crippen LogP contribution < -0.4 is 9.47 Å². The van der Waals surface area contributed by atoms with Crippen molar-refractivity contribution in [3.8, 4) is 0 Å². The highest BCUT2D eigenvalue weighted by molar-refractivity contribution is 8.04. The van der Waals surface area contributed by atoms with E-state index in [9.17, 15) is 25.8 Å². The molecule has 0 bridgehead atoms. The first kappa shape index (κ1) is 26.1. The molecule has 1 aliphatic heterocycles. The van der Waals surface area contributed by atoms with E-state index >= 15 is 0 Å². The van der Waals surface area contributed by atoms with Crippen LogP contribution in [-0.2, 0) is 26.8 Å². The van der Waals surface area contributed by atoms with Crippen molar-refractivity contribution in [2.75, 3.05) is 23.0 Å². The Labute approximate surface area is 220 Å². The Kier molecular flexibility index (Phi) is 7.06. The van der Waals surface area contributed by atoms with Crippen LogP contribution in [0.25, 0.3) is 27.3 Å². The second-order valence-electron chi connectivity index (χ2n) is 8.47. The van der Waals surface area contributed by atoms with Crippen molar-refractivity contribution in [1.82, 2.24) is 0 Å². The molecule has 0 saturated carbocycles. The lowest BCUT2D eigenvalue weighted by atomic mass is 10.2. The lowest BCUT2D eigenvalue weighted by molar-refractivity contribution is -0.668. The lowest BCUT2D eigenvalue weighted by Crippen LogP contribution is -2.36. The molecule has 14 heteroatoms. The third-order valence-corrected chi connectivity index (χ3v) is 9.63. The van der Waals surface area contributed by atoms with E-state index in [1.165, 1.54) is 35.2 Å². The Morgan fingerprint density at radius 3 is 2.54 bits per heavy atom.